The Bertz CT molecular complexity index is 762. The molecule has 1 amide bonds. The normalized spacial score (nSPS) is 10.7. The molecule has 1 heterocycles. The minimum Gasteiger partial charge on any atom is -0.351 e. The van der Waals surface area contributed by atoms with E-state index in [0.717, 1.165) is 10.9 Å². The zero-order valence-corrected chi connectivity index (χ0v) is 11.8. The minimum atomic E-state index is -0.259. The van der Waals surface area contributed by atoms with Crippen LogP contribution >= 0.6 is 23.2 Å². The number of hydrogen-bond acceptors (Lipinski definition) is 1. The first-order valence-corrected chi connectivity index (χ1v) is 6.74. The fourth-order valence-corrected chi connectivity index (χ4v) is 2.33. The van der Waals surface area contributed by atoms with E-state index >= 15 is 0 Å². The summed E-state index contributed by atoms with van der Waals surface area (Å²) < 4.78 is 0. The van der Waals surface area contributed by atoms with Crippen molar-refractivity contribution in [2.45, 2.75) is 0 Å². The maximum Gasteiger partial charge on any atom is 0.272 e. The van der Waals surface area contributed by atoms with Gasteiger partial charge in [-0.25, -0.2) is 0 Å². The second-order valence-corrected chi connectivity index (χ2v) is 5.11. The summed E-state index contributed by atoms with van der Waals surface area (Å²) in [6.45, 7) is 0. The van der Waals surface area contributed by atoms with Crippen LogP contribution < -0.4 is 5.32 Å². The van der Waals surface area contributed by atoms with Crippen LogP contribution in [0.3, 0.4) is 0 Å². The second kappa shape index (κ2) is 5.19. The molecule has 3 nitrogen and oxygen atoms in total. The second-order valence-electron chi connectivity index (χ2n) is 4.33. The maximum atomic E-state index is 12.2. The number of aromatic nitrogens is 1. The van der Waals surface area contributed by atoms with Gasteiger partial charge in [0.15, 0.2) is 0 Å². The number of hydrogen-bond donors (Lipinski definition) is 2. The van der Waals surface area contributed by atoms with Crippen molar-refractivity contribution in [3.8, 4) is 0 Å². The Balaban J connectivity index is 1.91. The first-order valence-electron chi connectivity index (χ1n) is 5.98. The predicted octanol–water partition coefficient (Wildman–Crippen LogP) is 4.73. The Morgan fingerprint density at radius 3 is 2.65 bits per heavy atom. The monoisotopic (exact) mass is 304 g/mol. The molecule has 0 spiro atoms. The average Bonchev–Trinajstić information content (AvgIpc) is 2.88. The van der Waals surface area contributed by atoms with Crippen molar-refractivity contribution in [2.75, 3.05) is 5.32 Å². The van der Waals surface area contributed by atoms with Gasteiger partial charge in [-0.3, -0.25) is 4.79 Å². The number of H-pyrrole nitrogens is 1. The smallest absolute Gasteiger partial charge is 0.272 e. The largest absolute Gasteiger partial charge is 0.351 e. The average molecular weight is 305 g/mol. The number of rotatable bonds is 2. The van der Waals surface area contributed by atoms with E-state index in [2.05, 4.69) is 10.3 Å². The summed E-state index contributed by atoms with van der Waals surface area (Å²) in [5.74, 6) is -0.259. The van der Waals surface area contributed by atoms with Gasteiger partial charge in [-0.05, 0) is 24.3 Å². The quantitative estimate of drug-likeness (QED) is 0.706. The van der Waals surface area contributed by atoms with E-state index < -0.39 is 0 Å². The van der Waals surface area contributed by atoms with E-state index in [0.29, 0.717) is 21.4 Å². The molecule has 2 N–H and O–H groups in total. The van der Waals surface area contributed by atoms with Gasteiger partial charge in [0.1, 0.15) is 5.69 Å². The maximum absolute atomic E-state index is 12.2. The van der Waals surface area contributed by atoms with Gasteiger partial charge >= 0.3 is 0 Å². The summed E-state index contributed by atoms with van der Waals surface area (Å²) in [6.07, 6.45) is 0. The Morgan fingerprint density at radius 1 is 1.05 bits per heavy atom. The van der Waals surface area contributed by atoms with Gasteiger partial charge in [-0.15, -0.1) is 0 Å². The first-order chi connectivity index (χ1) is 9.65. The topological polar surface area (TPSA) is 44.9 Å². The lowest BCUT2D eigenvalue weighted by molar-refractivity contribution is 0.102. The summed E-state index contributed by atoms with van der Waals surface area (Å²) in [5, 5.41) is 4.46. The van der Waals surface area contributed by atoms with Crippen LogP contribution in [0.4, 0.5) is 5.69 Å². The van der Waals surface area contributed by atoms with Gasteiger partial charge < -0.3 is 10.3 Å². The molecule has 100 valence electrons. The van der Waals surface area contributed by atoms with Crippen molar-refractivity contribution < 1.29 is 4.79 Å². The summed E-state index contributed by atoms with van der Waals surface area (Å²) in [6, 6.07) is 14.6. The molecule has 0 atom stereocenters. The Kier molecular flexibility index (Phi) is 3.38. The zero-order chi connectivity index (χ0) is 14.1. The summed E-state index contributed by atoms with van der Waals surface area (Å²) in [5.41, 5.74) is 1.87. The van der Waals surface area contributed by atoms with Gasteiger partial charge in [-0.1, -0.05) is 47.5 Å². The summed E-state index contributed by atoms with van der Waals surface area (Å²) in [4.78, 5) is 15.3. The lowest BCUT2D eigenvalue weighted by atomic mass is 10.2. The van der Waals surface area contributed by atoms with E-state index in [1.165, 1.54) is 0 Å². The number of anilines is 1. The molecule has 1 aromatic heterocycles. The number of carbonyl (C=O) groups excluding carboxylic acids is 1. The molecule has 0 saturated heterocycles. The van der Waals surface area contributed by atoms with Crippen molar-refractivity contribution in [2.24, 2.45) is 0 Å². The molecule has 0 bridgehead atoms. The molecule has 3 rings (SSSR count). The van der Waals surface area contributed by atoms with E-state index in [-0.39, 0.29) is 5.91 Å². The molecule has 2 aromatic carbocycles. The molecule has 0 radical (unpaired) electrons. The van der Waals surface area contributed by atoms with Crippen LogP contribution in [-0.2, 0) is 0 Å². The highest BCUT2D eigenvalue weighted by Gasteiger charge is 2.12. The molecule has 0 aliphatic carbocycles. The predicted molar refractivity (Wildman–Crippen MR) is 82.7 cm³/mol. The van der Waals surface area contributed by atoms with Crippen LogP contribution in [0.5, 0.6) is 0 Å². The lowest BCUT2D eigenvalue weighted by Gasteiger charge is -2.06. The molecule has 0 aliphatic heterocycles. The fraction of sp³-hybridized carbons (Fsp3) is 0. The van der Waals surface area contributed by atoms with Crippen LogP contribution in [0.15, 0.2) is 48.5 Å². The van der Waals surface area contributed by atoms with Crippen molar-refractivity contribution >= 4 is 45.7 Å². The lowest BCUT2D eigenvalue weighted by Crippen LogP contribution is -2.12. The first kappa shape index (κ1) is 13.0. The molecule has 0 saturated carbocycles. The van der Waals surface area contributed by atoms with Gasteiger partial charge in [0.05, 0.1) is 15.7 Å². The number of benzene rings is 2. The van der Waals surface area contributed by atoms with Crippen molar-refractivity contribution in [3.05, 3.63) is 64.3 Å². The fourth-order valence-electron chi connectivity index (χ4n) is 1.99. The van der Waals surface area contributed by atoms with Crippen molar-refractivity contribution in [1.29, 1.82) is 0 Å². The Labute approximate surface area is 125 Å². The van der Waals surface area contributed by atoms with E-state index in [1.54, 1.807) is 24.3 Å². The number of halogens is 2. The number of fused-ring (bicyclic) bond motifs is 1. The van der Waals surface area contributed by atoms with Crippen molar-refractivity contribution in [3.63, 3.8) is 0 Å². The van der Waals surface area contributed by atoms with Crippen LogP contribution in [0.25, 0.3) is 10.9 Å². The van der Waals surface area contributed by atoms with E-state index in [4.69, 9.17) is 23.2 Å². The van der Waals surface area contributed by atoms with Gasteiger partial charge in [-0.2, -0.15) is 0 Å². The highest BCUT2D eigenvalue weighted by atomic mass is 35.5. The van der Waals surface area contributed by atoms with Crippen LogP contribution in [0, 0.1) is 0 Å². The molecule has 0 unspecified atom stereocenters. The number of para-hydroxylation sites is 1. The van der Waals surface area contributed by atoms with Gasteiger partial charge in [0.25, 0.3) is 5.91 Å². The van der Waals surface area contributed by atoms with E-state index in [1.807, 2.05) is 24.3 Å². The highest BCUT2D eigenvalue weighted by Crippen LogP contribution is 2.29. The van der Waals surface area contributed by atoms with E-state index in [9.17, 15) is 4.79 Å². The molecule has 0 fully saturated rings. The molecule has 3 aromatic rings. The highest BCUT2D eigenvalue weighted by molar-refractivity contribution is 6.44. The number of carbonyl (C=O) groups is 1. The van der Waals surface area contributed by atoms with Crippen molar-refractivity contribution in [1.82, 2.24) is 4.98 Å². The third kappa shape index (κ3) is 2.38. The Hall–Kier alpha value is -1.97. The molecule has 5 heteroatoms. The molecular weight excluding hydrogens is 295 g/mol. The number of nitrogens with one attached hydrogen (secondary N) is 2. The van der Waals surface area contributed by atoms with Gasteiger partial charge in [0, 0.05) is 10.9 Å². The molecule has 0 aliphatic rings. The summed E-state index contributed by atoms with van der Waals surface area (Å²) >= 11 is 12.0. The number of aromatic amines is 1. The Morgan fingerprint density at radius 2 is 1.85 bits per heavy atom. The van der Waals surface area contributed by atoms with Crippen LogP contribution in [-0.4, -0.2) is 10.9 Å². The SMILES string of the molecule is O=C(Nc1cccc(Cl)c1Cl)c1cc2ccccc2[nH]1. The van der Waals surface area contributed by atoms with Crippen LogP contribution in [0.2, 0.25) is 10.0 Å². The minimum absolute atomic E-state index is 0.259. The third-order valence-electron chi connectivity index (χ3n) is 2.97. The molecular formula is C15H10Cl2N2O. The third-order valence-corrected chi connectivity index (χ3v) is 3.79. The van der Waals surface area contributed by atoms with Gasteiger partial charge in [0.2, 0.25) is 0 Å². The standard InChI is InChI=1S/C15H10Cl2N2O/c16-10-5-3-7-12(14(10)17)19-15(20)13-8-9-4-1-2-6-11(9)18-13/h1-8,18H,(H,19,20). The zero-order valence-electron chi connectivity index (χ0n) is 10.3. The van der Waals surface area contributed by atoms with Crippen LogP contribution in [0.1, 0.15) is 10.5 Å². The molecule has 20 heavy (non-hydrogen) atoms. The summed E-state index contributed by atoms with van der Waals surface area (Å²) in [7, 11) is 0. The number of amides is 1.